The predicted octanol–water partition coefficient (Wildman–Crippen LogP) is 2.53. The van der Waals surface area contributed by atoms with E-state index in [4.69, 9.17) is 4.74 Å². The van der Waals surface area contributed by atoms with Gasteiger partial charge in [0.05, 0.1) is 12.2 Å². The molecule has 124 valence electrons. The number of nitrogens with zero attached hydrogens (tertiary/aromatic N) is 2. The first-order chi connectivity index (χ1) is 10.5. The van der Waals surface area contributed by atoms with Crippen molar-refractivity contribution in [2.24, 2.45) is 0 Å². The number of likely N-dealkylation sites (N-methyl/N-ethyl adjacent to an activating group) is 1. The molecule has 4 nitrogen and oxygen atoms in total. The van der Waals surface area contributed by atoms with Gasteiger partial charge in [0.2, 0.25) is 0 Å². The van der Waals surface area contributed by atoms with E-state index >= 15 is 0 Å². The largest absolute Gasteiger partial charge is 0.491 e. The van der Waals surface area contributed by atoms with Gasteiger partial charge >= 0.3 is 0 Å². The van der Waals surface area contributed by atoms with Crippen LogP contribution in [0.3, 0.4) is 0 Å². The average Bonchev–Trinajstić information content (AvgIpc) is 2.48. The molecule has 0 aromatic heterocycles. The smallest absolute Gasteiger partial charge is 0.119 e. The molecule has 0 bridgehead atoms. The highest BCUT2D eigenvalue weighted by molar-refractivity contribution is 5.28. The zero-order valence-corrected chi connectivity index (χ0v) is 14.3. The van der Waals surface area contributed by atoms with E-state index in [1.807, 2.05) is 38.1 Å². The number of ether oxygens (including phenoxy) is 1. The maximum absolute atomic E-state index is 10.5. The zero-order valence-electron chi connectivity index (χ0n) is 14.3. The molecule has 1 unspecified atom stereocenters. The SMILES string of the molecule is CC(C)Oc1ccc(C(O)CN(C)C2CCN(C)CC2)cc1. The Balaban J connectivity index is 1.87. The lowest BCUT2D eigenvalue weighted by Crippen LogP contribution is -2.43. The molecule has 0 saturated carbocycles. The van der Waals surface area contributed by atoms with E-state index in [9.17, 15) is 5.11 Å². The van der Waals surface area contributed by atoms with E-state index in [0.717, 1.165) is 24.4 Å². The highest BCUT2D eigenvalue weighted by atomic mass is 16.5. The molecule has 1 aromatic carbocycles. The zero-order chi connectivity index (χ0) is 16.1. The lowest BCUT2D eigenvalue weighted by atomic mass is 10.0. The summed E-state index contributed by atoms with van der Waals surface area (Å²) in [6.07, 6.45) is 2.09. The fraction of sp³-hybridized carbons (Fsp3) is 0.667. The lowest BCUT2D eigenvalue weighted by molar-refractivity contribution is 0.0788. The summed E-state index contributed by atoms with van der Waals surface area (Å²) in [5.41, 5.74) is 0.955. The van der Waals surface area contributed by atoms with Gasteiger partial charge in [0.15, 0.2) is 0 Å². The molecule has 4 heteroatoms. The minimum atomic E-state index is -0.447. The number of hydrogen-bond donors (Lipinski definition) is 1. The summed E-state index contributed by atoms with van der Waals surface area (Å²) < 4.78 is 5.64. The van der Waals surface area contributed by atoms with E-state index < -0.39 is 6.10 Å². The third-order valence-corrected chi connectivity index (χ3v) is 4.41. The van der Waals surface area contributed by atoms with Crippen LogP contribution >= 0.6 is 0 Å². The number of likely N-dealkylation sites (tertiary alicyclic amines) is 1. The molecule has 2 rings (SSSR count). The molecule has 1 aromatic rings. The highest BCUT2D eigenvalue weighted by Gasteiger charge is 2.22. The molecule has 0 aliphatic carbocycles. The van der Waals surface area contributed by atoms with Gasteiger partial charge < -0.3 is 19.6 Å². The standard InChI is InChI=1S/C18H30N2O2/c1-14(2)22-17-7-5-15(6-8-17)18(21)13-20(4)16-9-11-19(3)12-10-16/h5-8,14,16,18,21H,9-13H2,1-4H3. The van der Waals surface area contributed by atoms with Crippen molar-refractivity contribution in [2.75, 3.05) is 33.7 Å². The molecule has 1 N–H and O–H groups in total. The molecule has 1 heterocycles. The van der Waals surface area contributed by atoms with Crippen molar-refractivity contribution in [3.8, 4) is 5.75 Å². The normalized spacial score (nSPS) is 18.9. The van der Waals surface area contributed by atoms with Crippen LogP contribution in [-0.2, 0) is 0 Å². The van der Waals surface area contributed by atoms with Crippen molar-refractivity contribution in [2.45, 2.75) is 44.9 Å². The fourth-order valence-corrected chi connectivity index (χ4v) is 3.00. The second-order valence-corrected chi connectivity index (χ2v) is 6.73. The van der Waals surface area contributed by atoms with Crippen LogP contribution in [0.1, 0.15) is 38.4 Å². The summed E-state index contributed by atoms with van der Waals surface area (Å²) in [5, 5.41) is 10.5. The number of piperidine rings is 1. The van der Waals surface area contributed by atoms with Gasteiger partial charge in [-0.15, -0.1) is 0 Å². The van der Waals surface area contributed by atoms with Crippen LogP contribution in [0.5, 0.6) is 5.75 Å². The van der Waals surface area contributed by atoms with E-state index in [0.29, 0.717) is 12.6 Å². The van der Waals surface area contributed by atoms with E-state index in [1.54, 1.807) is 0 Å². The Kier molecular flexibility index (Phi) is 6.24. The van der Waals surface area contributed by atoms with Gasteiger partial charge in [-0.1, -0.05) is 12.1 Å². The molecular formula is C18H30N2O2. The minimum Gasteiger partial charge on any atom is -0.491 e. The second-order valence-electron chi connectivity index (χ2n) is 6.73. The summed E-state index contributed by atoms with van der Waals surface area (Å²) in [7, 11) is 4.29. The number of hydrogen-bond acceptors (Lipinski definition) is 4. The molecule has 0 spiro atoms. The van der Waals surface area contributed by atoms with E-state index in [2.05, 4.69) is 23.9 Å². The van der Waals surface area contributed by atoms with Gasteiger partial charge in [-0.2, -0.15) is 0 Å². The predicted molar refractivity (Wildman–Crippen MR) is 90.3 cm³/mol. The molecule has 1 atom stereocenters. The van der Waals surface area contributed by atoms with E-state index in [1.165, 1.54) is 12.8 Å². The number of rotatable bonds is 6. The van der Waals surface area contributed by atoms with Crippen LogP contribution in [0.25, 0.3) is 0 Å². The van der Waals surface area contributed by atoms with Gasteiger partial charge in [-0.05, 0) is 71.6 Å². The van der Waals surface area contributed by atoms with Crippen molar-refractivity contribution in [3.05, 3.63) is 29.8 Å². The number of benzene rings is 1. The Hall–Kier alpha value is -1.10. The molecule has 1 aliphatic rings. The molecule has 1 saturated heterocycles. The Morgan fingerprint density at radius 2 is 1.82 bits per heavy atom. The van der Waals surface area contributed by atoms with Gasteiger partial charge in [0.25, 0.3) is 0 Å². The van der Waals surface area contributed by atoms with Crippen molar-refractivity contribution < 1.29 is 9.84 Å². The van der Waals surface area contributed by atoms with Crippen LogP contribution in [-0.4, -0.2) is 60.8 Å². The van der Waals surface area contributed by atoms with Gasteiger partial charge in [0.1, 0.15) is 5.75 Å². The molecule has 0 amide bonds. The molecule has 1 aliphatic heterocycles. The maximum Gasteiger partial charge on any atom is 0.119 e. The van der Waals surface area contributed by atoms with Crippen LogP contribution in [0, 0.1) is 0 Å². The van der Waals surface area contributed by atoms with Crippen LogP contribution in [0.4, 0.5) is 0 Å². The Labute approximate surface area is 134 Å². The van der Waals surface area contributed by atoms with Crippen LogP contribution in [0.2, 0.25) is 0 Å². The maximum atomic E-state index is 10.5. The van der Waals surface area contributed by atoms with Crippen molar-refractivity contribution in [3.63, 3.8) is 0 Å². The third-order valence-electron chi connectivity index (χ3n) is 4.41. The summed E-state index contributed by atoms with van der Waals surface area (Å²) in [6, 6.07) is 8.38. The molecule has 1 fully saturated rings. The van der Waals surface area contributed by atoms with Crippen molar-refractivity contribution in [1.29, 1.82) is 0 Å². The topological polar surface area (TPSA) is 35.9 Å². The summed E-state index contributed by atoms with van der Waals surface area (Å²) in [6.45, 7) is 7.00. The third kappa shape index (κ3) is 4.97. The first-order valence-corrected chi connectivity index (χ1v) is 8.29. The number of aliphatic hydroxyl groups is 1. The van der Waals surface area contributed by atoms with Crippen molar-refractivity contribution in [1.82, 2.24) is 9.80 Å². The molecule has 0 radical (unpaired) electrons. The quantitative estimate of drug-likeness (QED) is 0.876. The number of aliphatic hydroxyl groups excluding tert-OH is 1. The van der Waals surface area contributed by atoms with Gasteiger partial charge in [0, 0.05) is 12.6 Å². The van der Waals surface area contributed by atoms with E-state index in [-0.39, 0.29) is 6.10 Å². The molecule has 22 heavy (non-hydrogen) atoms. The summed E-state index contributed by atoms with van der Waals surface area (Å²) >= 11 is 0. The summed E-state index contributed by atoms with van der Waals surface area (Å²) in [4.78, 5) is 4.67. The Morgan fingerprint density at radius 1 is 1.23 bits per heavy atom. The second kappa shape index (κ2) is 7.95. The minimum absolute atomic E-state index is 0.173. The van der Waals surface area contributed by atoms with Crippen LogP contribution < -0.4 is 4.74 Å². The summed E-state index contributed by atoms with van der Waals surface area (Å²) in [5.74, 6) is 0.856. The highest BCUT2D eigenvalue weighted by Crippen LogP contribution is 2.21. The molecular weight excluding hydrogens is 276 g/mol. The Bertz CT molecular complexity index is 439. The average molecular weight is 306 g/mol. The van der Waals surface area contributed by atoms with Crippen molar-refractivity contribution >= 4 is 0 Å². The van der Waals surface area contributed by atoms with Gasteiger partial charge in [-0.3, -0.25) is 0 Å². The fourth-order valence-electron chi connectivity index (χ4n) is 3.00. The lowest BCUT2D eigenvalue weighted by Gasteiger charge is -2.36. The van der Waals surface area contributed by atoms with Crippen LogP contribution in [0.15, 0.2) is 24.3 Å². The van der Waals surface area contributed by atoms with Gasteiger partial charge in [-0.25, -0.2) is 0 Å². The Morgan fingerprint density at radius 3 is 2.36 bits per heavy atom. The monoisotopic (exact) mass is 306 g/mol. The first kappa shape index (κ1) is 17.3. The first-order valence-electron chi connectivity index (χ1n) is 8.29.